The summed E-state index contributed by atoms with van der Waals surface area (Å²) < 4.78 is 10.9. The van der Waals surface area contributed by atoms with Gasteiger partial charge in [0.25, 0.3) is 23.6 Å². The second kappa shape index (κ2) is 8.60. The van der Waals surface area contributed by atoms with Gasteiger partial charge in [0.2, 0.25) is 0 Å². The fourth-order valence-corrected chi connectivity index (χ4v) is 4.08. The zero-order valence-corrected chi connectivity index (χ0v) is 19.0. The van der Waals surface area contributed by atoms with Crippen LogP contribution in [-0.4, -0.2) is 41.7 Å². The minimum Gasteiger partial charge on any atom is -0.496 e. The largest absolute Gasteiger partial charge is 0.496 e. The first kappa shape index (κ1) is 22.1. The number of fused-ring (bicyclic) bond motifs is 2. The van der Waals surface area contributed by atoms with E-state index in [4.69, 9.17) is 9.47 Å². The van der Waals surface area contributed by atoms with Crippen molar-refractivity contribution in [3.05, 3.63) is 82.9 Å². The van der Waals surface area contributed by atoms with Crippen molar-refractivity contribution in [2.75, 3.05) is 17.7 Å². The zero-order valence-electron chi connectivity index (χ0n) is 19.0. The van der Waals surface area contributed by atoms with Gasteiger partial charge in [-0.15, -0.1) is 0 Å². The van der Waals surface area contributed by atoms with Crippen LogP contribution in [0.2, 0.25) is 0 Å². The van der Waals surface area contributed by atoms with Gasteiger partial charge in [0.05, 0.1) is 36.0 Å². The molecule has 4 amide bonds. The third-order valence-electron chi connectivity index (χ3n) is 5.90. The van der Waals surface area contributed by atoms with Crippen LogP contribution >= 0.6 is 0 Å². The Balaban J connectivity index is 1.37. The van der Waals surface area contributed by atoms with E-state index in [1.165, 1.54) is 7.11 Å². The predicted molar refractivity (Wildman–Crippen MR) is 127 cm³/mol. The van der Waals surface area contributed by atoms with Gasteiger partial charge >= 0.3 is 0 Å². The number of rotatable bonds is 5. The van der Waals surface area contributed by atoms with E-state index in [0.717, 1.165) is 4.90 Å². The molecular formula is C26H21N3O6. The van der Waals surface area contributed by atoms with Gasteiger partial charge in [-0.3, -0.25) is 24.1 Å². The van der Waals surface area contributed by atoms with E-state index in [0.29, 0.717) is 39.6 Å². The Morgan fingerprint density at radius 2 is 1.74 bits per heavy atom. The summed E-state index contributed by atoms with van der Waals surface area (Å²) in [6, 6.07) is 16.5. The van der Waals surface area contributed by atoms with Crippen molar-refractivity contribution < 1.29 is 28.7 Å². The third-order valence-corrected chi connectivity index (χ3v) is 5.90. The van der Waals surface area contributed by atoms with E-state index in [1.54, 1.807) is 67.6 Å². The number of imide groups is 1. The molecule has 35 heavy (non-hydrogen) atoms. The Bertz CT molecular complexity index is 1360. The lowest BCUT2D eigenvalue weighted by molar-refractivity contribution is -0.122. The smallest absolute Gasteiger partial charge is 0.265 e. The Morgan fingerprint density at radius 3 is 2.43 bits per heavy atom. The number of methoxy groups -OCH3 is 1. The molecule has 2 aliphatic rings. The van der Waals surface area contributed by atoms with Crippen LogP contribution in [0.5, 0.6) is 11.5 Å². The molecule has 2 N–H and O–H groups in total. The first-order valence-corrected chi connectivity index (χ1v) is 10.9. The minimum absolute atomic E-state index is 0.0109. The maximum atomic E-state index is 13.1. The van der Waals surface area contributed by atoms with Crippen molar-refractivity contribution in [3.8, 4) is 11.5 Å². The lowest BCUT2D eigenvalue weighted by Gasteiger charge is -2.23. The van der Waals surface area contributed by atoms with Crippen molar-refractivity contribution in [1.29, 1.82) is 0 Å². The molecule has 3 aromatic rings. The van der Waals surface area contributed by atoms with Crippen LogP contribution in [0.1, 0.15) is 43.6 Å². The van der Waals surface area contributed by atoms with Crippen LogP contribution in [0.4, 0.5) is 11.4 Å². The monoisotopic (exact) mass is 471 g/mol. The number of nitrogens with zero attached hydrogens (tertiary/aromatic N) is 1. The molecule has 2 aliphatic heterocycles. The quantitative estimate of drug-likeness (QED) is 0.551. The first-order valence-electron chi connectivity index (χ1n) is 10.9. The van der Waals surface area contributed by atoms with Gasteiger partial charge in [0.15, 0.2) is 6.10 Å². The molecule has 0 bridgehead atoms. The van der Waals surface area contributed by atoms with Crippen molar-refractivity contribution in [2.45, 2.75) is 19.6 Å². The molecule has 5 rings (SSSR count). The molecule has 1 unspecified atom stereocenters. The molecule has 0 saturated carbocycles. The number of amides is 4. The summed E-state index contributed by atoms with van der Waals surface area (Å²) in [6.07, 6.45) is -0.600. The van der Waals surface area contributed by atoms with Crippen LogP contribution < -0.4 is 20.1 Å². The van der Waals surface area contributed by atoms with E-state index in [1.807, 2.05) is 0 Å². The highest BCUT2D eigenvalue weighted by molar-refractivity contribution is 6.21. The predicted octanol–water partition coefficient (Wildman–Crippen LogP) is 3.46. The van der Waals surface area contributed by atoms with Crippen LogP contribution in [0, 0.1) is 0 Å². The fraction of sp³-hybridized carbons (Fsp3) is 0.154. The number of carbonyl (C=O) groups excluding carboxylic acids is 4. The van der Waals surface area contributed by atoms with E-state index in [-0.39, 0.29) is 29.8 Å². The Kier molecular flexibility index (Phi) is 5.44. The van der Waals surface area contributed by atoms with Crippen molar-refractivity contribution in [3.63, 3.8) is 0 Å². The summed E-state index contributed by atoms with van der Waals surface area (Å²) in [5.41, 5.74) is 2.44. The van der Waals surface area contributed by atoms with E-state index in [2.05, 4.69) is 10.6 Å². The molecule has 2 heterocycles. The molecule has 0 radical (unpaired) electrons. The highest BCUT2D eigenvalue weighted by atomic mass is 16.5. The molecule has 0 fully saturated rings. The van der Waals surface area contributed by atoms with Gasteiger partial charge < -0.3 is 20.1 Å². The SMILES string of the molecule is COc1ccc(CN2C(=O)c3ccccc3C2=O)cc1C(=O)Nc1ccc2c(c1)NC(=O)C(C)O2. The van der Waals surface area contributed by atoms with Gasteiger partial charge in [-0.1, -0.05) is 18.2 Å². The molecule has 0 saturated heterocycles. The van der Waals surface area contributed by atoms with Gasteiger partial charge in [-0.05, 0) is 55.0 Å². The standard InChI is InChI=1S/C26H21N3O6/c1-14-23(30)28-20-12-16(8-10-22(20)35-14)27-24(31)19-11-15(7-9-21(19)34-2)13-29-25(32)17-5-3-4-6-18(17)26(29)33/h3-12,14H,13H2,1-2H3,(H,27,31)(H,28,30). The molecule has 0 aromatic heterocycles. The van der Waals surface area contributed by atoms with Crippen LogP contribution in [0.15, 0.2) is 60.7 Å². The average molecular weight is 471 g/mol. The van der Waals surface area contributed by atoms with Gasteiger partial charge in [0, 0.05) is 5.69 Å². The number of anilines is 2. The zero-order chi connectivity index (χ0) is 24.7. The normalized spacial score (nSPS) is 16.2. The summed E-state index contributed by atoms with van der Waals surface area (Å²) in [5, 5.41) is 5.53. The van der Waals surface area contributed by atoms with Crippen molar-refractivity contribution >= 4 is 35.0 Å². The van der Waals surface area contributed by atoms with Crippen molar-refractivity contribution in [2.24, 2.45) is 0 Å². The maximum absolute atomic E-state index is 13.1. The van der Waals surface area contributed by atoms with Crippen molar-refractivity contribution in [1.82, 2.24) is 4.90 Å². The Hall–Kier alpha value is -4.66. The molecule has 9 heteroatoms. The lowest BCUT2D eigenvalue weighted by Crippen LogP contribution is -2.34. The molecular weight excluding hydrogens is 450 g/mol. The van der Waals surface area contributed by atoms with E-state index in [9.17, 15) is 19.2 Å². The summed E-state index contributed by atoms with van der Waals surface area (Å²) in [6.45, 7) is 1.66. The molecule has 3 aromatic carbocycles. The average Bonchev–Trinajstić information content (AvgIpc) is 3.10. The fourth-order valence-electron chi connectivity index (χ4n) is 4.08. The number of nitrogens with one attached hydrogen (secondary N) is 2. The molecule has 0 aliphatic carbocycles. The first-order chi connectivity index (χ1) is 16.9. The topological polar surface area (TPSA) is 114 Å². The number of hydrogen-bond acceptors (Lipinski definition) is 6. The van der Waals surface area contributed by atoms with Crippen LogP contribution in [0.3, 0.4) is 0 Å². The summed E-state index contributed by atoms with van der Waals surface area (Å²) in [5.74, 6) is -0.640. The number of benzene rings is 3. The third kappa shape index (κ3) is 3.97. The summed E-state index contributed by atoms with van der Waals surface area (Å²) >= 11 is 0. The lowest BCUT2D eigenvalue weighted by atomic mass is 10.1. The number of carbonyl (C=O) groups is 4. The summed E-state index contributed by atoms with van der Waals surface area (Å²) in [4.78, 5) is 51.6. The van der Waals surface area contributed by atoms with Gasteiger partial charge in [-0.25, -0.2) is 0 Å². The van der Waals surface area contributed by atoms with Crippen LogP contribution in [-0.2, 0) is 11.3 Å². The number of ether oxygens (including phenoxy) is 2. The Morgan fingerprint density at radius 1 is 1.03 bits per heavy atom. The van der Waals surface area contributed by atoms with Crippen LogP contribution in [0.25, 0.3) is 0 Å². The highest BCUT2D eigenvalue weighted by Gasteiger charge is 2.35. The molecule has 176 valence electrons. The van der Waals surface area contributed by atoms with E-state index < -0.39 is 12.0 Å². The highest BCUT2D eigenvalue weighted by Crippen LogP contribution is 2.33. The van der Waals surface area contributed by atoms with Gasteiger partial charge in [-0.2, -0.15) is 0 Å². The second-order valence-electron chi connectivity index (χ2n) is 8.19. The number of hydrogen-bond donors (Lipinski definition) is 2. The van der Waals surface area contributed by atoms with Gasteiger partial charge in [0.1, 0.15) is 11.5 Å². The summed E-state index contributed by atoms with van der Waals surface area (Å²) in [7, 11) is 1.45. The van der Waals surface area contributed by atoms with E-state index >= 15 is 0 Å². The minimum atomic E-state index is -0.600. The Labute approximate surface area is 200 Å². The molecule has 1 atom stereocenters. The molecule has 9 nitrogen and oxygen atoms in total. The molecule has 0 spiro atoms. The second-order valence-corrected chi connectivity index (χ2v) is 8.19. The maximum Gasteiger partial charge on any atom is 0.265 e.